The monoisotopic (exact) mass is 376 g/mol. The van der Waals surface area contributed by atoms with Crippen LogP contribution in [0.4, 0.5) is 4.39 Å². The lowest BCUT2D eigenvalue weighted by Crippen LogP contribution is -2.13. The molecule has 2 aliphatic carbocycles. The average molecular weight is 377 g/mol. The molecule has 2 aromatic carbocycles. The first kappa shape index (κ1) is 19.4. The smallest absolute Gasteiger partial charge is 0.123 e. The molecule has 28 heavy (non-hydrogen) atoms. The highest BCUT2D eigenvalue weighted by Crippen LogP contribution is 2.38. The lowest BCUT2D eigenvalue weighted by Gasteiger charge is -2.29. The summed E-state index contributed by atoms with van der Waals surface area (Å²) >= 11 is 0. The molecular weight excluding hydrogens is 343 g/mol. The summed E-state index contributed by atoms with van der Waals surface area (Å²) in [5, 5.41) is 0. The van der Waals surface area contributed by atoms with E-state index in [9.17, 15) is 4.39 Å². The molecule has 0 aromatic heterocycles. The maximum Gasteiger partial charge on any atom is 0.123 e. The van der Waals surface area contributed by atoms with Crippen molar-refractivity contribution in [1.29, 1.82) is 0 Å². The van der Waals surface area contributed by atoms with E-state index < -0.39 is 0 Å². The Morgan fingerprint density at radius 3 is 2.43 bits per heavy atom. The Kier molecular flexibility index (Phi) is 6.29. The Labute approximate surface area is 169 Å². The predicted molar refractivity (Wildman–Crippen MR) is 118 cm³/mol. The second-order valence-corrected chi connectivity index (χ2v) is 8.85. The van der Waals surface area contributed by atoms with Gasteiger partial charge in [0.25, 0.3) is 0 Å². The zero-order valence-corrected chi connectivity index (χ0v) is 17.2. The summed E-state index contributed by atoms with van der Waals surface area (Å²) in [6.45, 7) is 2.29. The van der Waals surface area contributed by atoms with Crippen LogP contribution in [0.5, 0.6) is 0 Å². The van der Waals surface area contributed by atoms with E-state index in [1.807, 2.05) is 6.07 Å². The number of fused-ring (bicyclic) bond motifs is 1. The van der Waals surface area contributed by atoms with Crippen LogP contribution in [0.1, 0.15) is 92.9 Å². The van der Waals surface area contributed by atoms with Gasteiger partial charge in [-0.15, -0.1) is 0 Å². The topological polar surface area (TPSA) is 0 Å². The molecule has 148 valence electrons. The summed E-state index contributed by atoms with van der Waals surface area (Å²) in [7, 11) is 0. The van der Waals surface area contributed by atoms with Crippen molar-refractivity contribution >= 4 is 11.6 Å². The molecule has 0 atom stereocenters. The second-order valence-electron chi connectivity index (χ2n) is 8.85. The van der Waals surface area contributed by atoms with Crippen molar-refractivity contribution < 1.29 is 4.39 Å². The van der Waals surface area contributed by atoms with Crippen molar-refractivity contribution in [3.63, 3.8) is 0 Å². The van der Waals surface area contributed by atoms with E-state index in [0.29, 0.717) is 0 Å². The van der Waals surface area contributed by atoms with E-state index in [2.05, 4.69) is 37.3 Å². The van der Waals surface area contributed by atoms with Crippen LogP contribution >= 0.6 is 0 Å². The van der Waals surface area contributed by atoms with E-state index in [1.165, 1.54) is 73.6 Å². The number of halogens is 1. The fourth-order valence-electron chi connectivity index (χ4n) is 5.12. The standard InChI is InChI=1S/C27H33F/c1-2-3-4-5-20-6-8-21(9-7-20)22-10-12-23(13-11-22)25-15-14-24-16-17-27(28)19-26(24)18-25/h10-13,16-21H,2-9,14-15H2,1H3. The second kappa shape index (κ2) is 9.07. The van der Waals surface area contributed by atoms with Crippen molar-refractivity contribution in [1.82, 2.24) is 0 Å². The lowest BCUT2D eigenvalue weighted by atomic mass is 9.77. The van der Waals surface area contributed by atoms with Crippen LogP contribution in [0, 0.1) is 11.7 Å². The number of aryl methyl sites for hydroxylation is 1. The Balaban J connectivity index is 1.38. The summed E-state index contributed by atoms with van der Waals surface area (Å²) < 4.78 is 13.6. The molecular formula is C27H33F. The number of unbranched alkanes of at least 4 members (excludes halogenated alkanes) is 2. The Morgan fingerprint density at radius 1 is 0.893 bits per heavy atom. The Morgan fingerprint density at radius 2 is 1.68 bits per heavy atom. The minimum absolute atomic E-state index is 0.142. The molecule has 0 amide bonds. The van der Waals surface area contributed by atoms with Crippen LogP contribution in [0.25, 0.3) is 11.6 Å². The quantitative estimate of drug-likeness (QED) is 0.446. The van der Waals surface area contributed by atoms with Crippen LogP contribution in [0.15, 0.2) is 42.5 Å². The van der Waals surface area contributed by atoms with Crippen molar-refractivity contribution in [2.75, 3.05) is 0 Å². The fourth-order valence-corrected chi connectivity index (χ4v) is 5.12. The van der Waals surface area contributed by atoms with Gasteiger partial charge in [-0.25, -0.2) is 4.39 Å². The van der Waals surface area contributed by atoms with Crippen molar-refractivity contribution in [3.8, 4) is 0 Å². The minimum Gasteiger partial charge on any atom is -0.207 e. The Bertz CT molecular complexity index is 807. The fraction of sp³-hybridized carbons (Fsp3) is 0.481. The van der Waals surface area contributed by atoms with Gasteiger partial charge in [-0.1, -0.05) is 69.0 Å². The van der Waals surface area contributed by atoms with Gasteiger partial charge in [0.1, 0.15) is 5.82 Å². The van der Waals surface area contributed by atoms with Crippen LogP contribution in [0.3, 0.4) is 0 Å². The number of hydrogen-bond donors (Lipinski definition) is 0. The van der Waals surface area contributed by atoms with Crippen LogP contribution in [0.2, 0.25) is 0 Å². The first-order chi connectivity index (χ1) is 13.7. The first-order valence-electron chi connectivity index (χ1n) is 11.3. The van der Waals surface area contributed by atoms with Gasteiger partial charge < -0.3 is 0 Å². The third-order valence-electron chi connectivity index (χ3n) is 6.92. The molecule has 0 saturated heterocycles. The van der Waals surface area contributed by atoms with Gasteiger partial charge in [-0.2, -0.15) is 0 Å². The molecule has 0 nitrogen and oxygen atoms in total. The summed E-state index contributed by atoms with van der Waals surface area (Å²) in [6, 6.07) is 14.4. The van der Waals surface area contributed by atoms with E-state index in [-0.39, 0.29) is 5.82 Å². The van der Waals surface area contributed by atoms with Crippen molar-refractivity contribution in [2.24, 2.45) is 5.92 Å². The number of rotatable bonds is 6. The molecule has 1 heteroatoms. The highest BCUT2D eigenvalue weighted by molar-refractivity contribution is 5.84. The number of hydrogen-bond acceptors (Lipinski definition) is 0. The largest absolute Gasteiger partial charge is 0.207 e. The molecule has 0 aliphatic heterocycles. The zero-order valence-electron chi connectivity index (χ0n) is 17.2. The molecule has 0 spiro atoms. The average Bonchev–Trinajstić information content (AvgIpc) is 2.74. The maximum atomic E-state index is 13.6. The summed E-state index contributed by atoms with van der Waals surface area (Å²) in [5.74, 6) is 1.57. The molecule has 1 fully saturated rings. The number of benzene rings is 2. The lowest BCUT2D eigenvalue weighted by molar-refractivity contribution is 0.303. The van der Waals surface area contributed by atoms with Crippen molar-refractivity contribution in [2.45, 2.75) is 77.0 Å². The Hall–Kier alpha value is -1.89. The molecule has 2 aliphatic rings. The highest BCUT2D eigenvalue weighted by Gasteiger charge is 2.22. The van der Waals surface area contributed by atoms with Crippen LogP contribution < -0.4 is 0 Å². The summed E-state index contributed by atoms with van der Waals surface area (Å²) in [5.41, 5.74) is 6.46. The zero-order chi connectivity index (χ0) is 19.3. The van der Waals surface area contributed by atoms with E-state index in [4.69, 9.17) is 0 Å². The SMILES string of the molecule is CCCCCC1CCC(c2ccc(C3=Cc4cc(F)ccc4CC3)cc2)CC1. The minimum atomic E-state index is -0.142. The maximum absolute atomic E-state index is 13.6. The van der Waals surface area contributed by atoms with Crippen LogP contribution in [-0.4, -0.2) is 0 Å². The molecule has 1 saturated carbocycles. The normalized spacial score (nSPS) is 21.9. The summed E-state index contributed by atoms with van der Waals surface area (Å²) in [6.07, 6.45) is 15.3. The third-order valence-corrected chi connectivity index (χ3v) is 6.92. The van der Waals surface area contributed by atoms with Gasteiger partial charge in [0.15, 0.2) is 0 Å². The van der Waals surface area contributed by atoms with Gasteiger partial charge in [-0.3, -0.25) is 0 Å². The van der Waals surface area contributed by atoms with E-state index in [0.717, 1.165) is 30.2 Å². The predicted octanol–water partition coefficient (Wildman–Crippen LogP) is 8.17. The number of allylic oxidation sites excluding steroid dienone is 1. The van der Waals surface area contributed by atoms with Gasteiger partial charge in [0.2, 0.25) is 0 Å². The highest BCUT2D eigenvalue weighted by atomic mass is 19.1. The first-order valence-corrected chi connectivity index (χ1v) is 11.3. The van der Waals surface area contributed by atoms with E-state index in [1.54, 1.807) is 12.1 Å². The molecule has 4 rings (SSSR count). The van der Waals surface area contributed by atoms with Gasteiger partial charge in [0.05, 0.1) is 0 Å². The molecule has 0 N–H and O–H groups in total. The molecule has 0 heterocycles. The third kappa shape index (κ3) is 4.57. The van der Waals surface area contributed by atoms with Gasteiger partial charge in [-0.05, 0) is 90.3 Å². The van der Waals surface area contributed by atoms with Crippen LogP contribution in [-0.2, 0) is 6.42 Å². The molecule has 0 radical (unpaired) electrons. The van der Waals surface area contributed by atoms with E-state index >= 15 is 0 Å². The van der Waals surface area contributed by atoms with Gasteiger partial charge >= 0.3 is 0 Å². The molecule has 0 bridgehead atoms. The molecule has 0 unspecified atom stereocenters. The van der Waals surface area contributed by atoms with Crippen molar-refractivity contribution in [3.05, 3.63) is 70.5 Å². The van der Waals surface area contributed by atoms with Gasteiger partial charge in [0, 0.05) is 0 Å². The molecule has 2 aromatic rings. The summed E-state index contributed by atoms with van der Waals surface area (Å²) in [4.78, 5) is 0.